The summed E-state index contributed by atoms with van der Waals surface area (Å²) in [6.45, 7) is 5.56. The quantitative estimate of drug-likeness (QED) is 0.731. The van der Waals surface area contributed by atoms with Crippen LogP contribution in [0.4, 0.5) is 4.79 Å². The minimum Gasteiger partial charge on any atom is -0.385 e. The summed E-state index contributed by atoms with van der Waals surface area (Å²) < 4.78 is 0. The van der Waals surface area contributed by atoms with Gasteiger partial charge < -0.3 is 15.5 Å². The van der Waals surface area contributed by atoms with Crippen LogP contribution < -0.4 is 5.73 Å². The van der Waals surface area contributed by atoms with E-state index < -0.39 is 6.04 Å². The molecule has 1 saturated heterocycles. The minimum atomic E-state index is -0.413. The van der Waals surface area contributed by atoms with Gasteiger partial charge in [-0.25, -0.2) is 4.79 Å². The fourth-order valence-electron chi connectivity index (χ4n) is 2.36. The number of amidine groups is 1. The fourth-order valence-corrected chi connectivity index (χ4v) is 2.36. The smallest absolute Gasteiger partial charge is 0.346 e. The van der Waals surface area contributed by atoms with Crippen molar-refractivity contribution in [1.29, 1.82) is 0 Å². The number of likely N-dealkylation sites (tertiary alicyclic amines) is 1. The van der Waals surface area contributed by atoms with E-state index in [1.807, 2.05) is 4.90 Å². The lowest BCUT2D eigenvalue weighted by molar-refractivity contribution is -0.130. The van der Waals surface area contributed by atoms with Gasteiger partial charge >= 0.3 is 6.03 Å². The lowest BCUT2D eigenvalue weighted by Gasteiger charge is -2.24. The van der Waals surface area contributed by atoms with Crippen LogP contribution in [0.25, 0.3) is 0 Å². The zero-order chi connectivity index (χ0) is 13.1. The first kappa shape index (κ1) is 12.6. The second-order valence-electron chi connectivity index (χ2n) is 4.57. The Labute approximate surface area is 106 Å². The summed E-state index contributed by atoms with van der Waals surface area (Å²) in [5.74, 6) is 0.272. The van der Waals surface area contributed by atoms with Crippen LogP contribution in [0, 0.1) is 0 Å². The van der Waals surface area contributed by atoms with Crippen LogP contribution >= 0.6 is 0 Å². The molecule has 0 aromatic heterocycles. The van der Waals surface area contributed by atoms with Crippen LogP contribution in [-0.2, 0) is 4.79 Å². The molecule has 1 atom stereocenters. The number of carbonyl (C=O) groups is 2. The third kappa shape index (κ3) is 2.37. The van der Waals surface area contributed by atoms with E-state index in [0.29, 0.717) is 6.54 Å². The van der Waals surface area contributed by atoms with E-state index in [9.17, 15) is 9.59 Å². The van der Waals surface area contributed by atoms with Crippen molar-refractivity contribution in [3.8, 4) is 0 Å². The van der Waals surface area contributed by atoms with E-state index in [1.165, 1.54) is 4.90 Å². The summed E-state index contributed by atoms with van der Waals surface area (Å²) in [6, 6.07) is -0.796. The van der Waals surface area contributed by atoms with Gasteiger partial charge in [-0.3, -0.25) is 4.79 Å². The van der Waals surface area contributed by atoms with Gasteiger partial charge in [0.05, 0.1) is 6.42 Å². The molecule has 6 nitrogen and oxygen atoms in total. The first-order valence-electron chi connectivity index (χ1n) is 6.17. The molecule has 6 heteroatoms. The zero-order valence-electron chi connectivity index (χ0n) is 10.3. The minimum absolute atomic E-state index is 0.0411. The van der Waals surface area contributed by atoms with Crippen molar-refractivity contribution in [3.63, 3.8) is 0 Å². The Kier molecular flexibility index (Phi) is 3.64. The number of amides is 3. The summed E-state index contributed by atoms with van der Waals surface area (Å²) in [4.78, 5) is 30.6. The molecule has 0 aliphatic carbocycles. The van der Waals surface area contributed by atoms with Gasteiger partial charge in [0.25, 0.3) is 0 Å². The van der Waals surface area contributed by atoms with Gasteiger partial charge in [0.2, 0.25) is 5.91 Å². The zero-order valence-corrected chi connectivity index (χ0v) is 10.3. The average molecular weight is 250 g/mol. The monoisotopic (exact) mass is 250 g/mol. The first-order valence-corrected chi connectivity index (χ1v) is 6.17. The molecule has 0 radical (unpaired) electrons. The molecule has 2 N–H and O–H groups in total. The highest BCUT2D eigenvalue weighted by Crippen LogP contribution is 2.17. The number of nitrogens with zero attached hydrogens (tertiary/aromatic N) is 3. The van der Waals surface area contributed by atoms with Gasteiger partial charge in [-0.2, -0.15) is 4.99 Å². The molecule has 0 saturated carbocycles. The van der Waals surface area contributed by atoms with Crippen molar-refractivity contribution in [3.05, 3.63) is 12.7 Å². The number of hydrogen-bond acceptors (Lipinski definition) is 3. The number of urea groups is 1. The van der Waals surface area contributed by atoms with E-state index in [-0.39, 0.29) is 24.2 Å². The molecule has 0 aromatic carbocycles. The molecule has 0 spiro atoms. The van der Waals surface area contributed by atoms with Crippen LogP contribution in [0.2, 0.25) is 0 Å². The Morgan fingerprint density at radius 3 is 2.78 bits per heavy atom. The first-order chi connectivity index (χ1) is 8.63. The maximum Gasteiger partial charge on any atom is 0.346 e. The average Bonchev–Trinajstić information content (AvgIpc) is 2.93. The summed E-state index contributed by atoms with van der Waals surface area (Å²) in [5, 5.41) is 0. The van der Waals surface area contributed by atoms with Crippen molar-refractivity contribution in [2.75, 3.05) is 19.6 Å². The predicted octanol–water partition coefficient (Wildman–Crippen LogP) is 0.346. The van der Waals surface area contributed by atoms with Crippen LogP contribution in [0.5, 0.6) is 0 Å². The number of rotatable bonds is 4. The van der Waals surface area contributed by atoms with Crippen molar-refractivity contribution in [2.45, 2.75) is 25.3 Å². The molecule has 98 valence electrons. The highest BCUT2D eigenvalue weighted by molar-refractivity contribution is 6.04. The molecule has 2 heterocycles. The van der Waals surface area contributed by atoms with Crippen LogP contribution in [-0.4, -0.2) is 53.2 Å². The van der Waals surface area contributed by atoms with Gasteiger partial charge in [-0.15, -0.1) is 6.58 Å². The molecule has 3 amide bonds. The number of hydrogen-bond donors (Lipinski definition) is 1. The Balaban J connectivity index is 2.01. The van der Waals surface area contributed by atoms with Gasteiger partial charge in [0.1, 0.15) is 11.9 Å². The standard InChI is InChI=1S/C12H18N4O2/c1-2-5-16-9(11(13)14-12(16)18)8-10(17)15-6-3-4-7-15/h2,9H,1,3-8H2,(H2,13,14,18). The summed E-state index contributed by atoms with van der Waals surface area (Å²) in [5.41, 5.74) is 5.72. The number of aliphatic imine (C=N–C) groups is 1. The molecule has 1 unspecified atom stereocenters. The molecule has 1 fully saturated rings. The van der Waals surface area contributed by atoms with Crippen molar-refractivity contribution in [1.82, 2.24) is 9.80 Å². The summed E-state index contributed by atoms with van der Waals surface area (Å²) in [6.07, 6.45) is 3.93. The third-order valence-electron chi connectivity index (χ3n) is 3.34. The molecule has 2 aliphatic rings. The molecule has 2 rings (SSSR count). The summed E-state index contributed by atoms with van der Waals surface area (Å²) >= 11 is 0. The lowest BCUT2D eigenvalue weighted by Crippen LogP contribution is -2.44. The largest absolute Gasteiger partial charge is 0.385 e. The Bertz CT molecular complexity index is 399. The fraction of sp³-hybridized carbons (Fsp3) is 0.583. The molecular weight excluding hydrogens is 232 g/mol. The Hall–Kier alpha value is -1.85. The van der Waals surface area contributed by atoms with Gasteiger partial charge in [-0.05, 0) is 12.8 Å². The van der Waals surface area contributed by atoms with E-state index in [2.05, 4.69) is 11.6 Å². The van der Waals surface area contributed by atoms with E-state index in [4.69, 9.17) is 5.73 Å². The van der Waals surface area contributed by atoms with Crippen LogP contribution in [0.15, 0.2) is 17.6 Å². The molecular formula is C12H18N4O2. The van der Waals surface area contributed by atoms with E-state index >= 15 is 0 Å². The van der Waals surface area contributed by atoms with Crippen molar-refractivity contribution < 1.29 is 9.59 Å². The van der Waals surface area contributed by atoms with Crippen molar-refractivity contribution >= 4 is 17.8 Å². The van der Waals surface area contributed by atoms with E-state index in [1.54, 1.807) is 6.08 Å². The SMILES string of the molecule is C=CCN1C(=O)N=C(N)C1CC(=O)N1CCCC1. The molecule has 0 aromatic rings. The van der Waals surface area contributed by atoms with Crippen LogP contribution in [0.1, 0.15) is 19.3 Å². The number of carbonyl (C=O) groups excluding carboxylic acids is 2. The van der Waals surface area contributed by atoms with Crippen molar-refractivity contribution in [2.24, 2.45) is 10.7 Å². The second-order valence-corrected chi connectivity index (χ2v) is 4.57. The molecule has 0 bridgehead atoms. The maximum atomic E-state index is 12.1. The lowest BCUT2D eigenvalue weighted by atomic mass is 10.1. The maximum absolute atomic E-state index is 12.1. The highest BCUT2D eigenvalue weighted by atomic mass is 16.2. The molecule has 2 aliphatic heterocycles. The topological polar surface area (TPSA) is 79.0 Å². The predicted molar refractivity (Wildman–Crippen MR) is 68.1 cm³/mol. The number of nitrogens with two attached hydrogens (primary N) is 1. The van der Waals surface area contributed by atoms with Gasteiger partial charge in [0, 0.05) is 19.6 Å². The van der Waals surface area contributed by atoms with Gasteiger partial charge in [-0.1, -0.05) is 6.08 Å². The van der Waals surface area contributed by atoms with Crippen LogP contribution in [0.3, 0.4) is 0 Å². The summed E-state index contributed by atoms with van der Waals surface area (Å²) in [7, 11) is 0. The highest BCUT2D eigenvalue weighted by Gasteiger charge is 2.35. The third-order valence-corrected chi connectivity index (χ3v) is 3.34. The Morgan fingerprint density at radius 1 is 1.50 bits per heavy atom. The van der Waals surface area contributed by atoms with Gasteiger partial charge in [0.15, 0.2) is 0 Å². The normalized spacial score (nSPS) is 23.4. The molecule has 18 heavy (non-hydrogen) atoms. The second kappa shape index (κ2) is 5.20. The van der Waals surface area contributed by atoms with E-state index in [0.717, 1.165) is 25.9 Å². The Morgan fingerprint density at radius 2 is 2.17 bits per heavy atom.